The molecule has 1 saturated carbocycles. The Kier molecular flexibility index (Phi) is 6.74. The van der Waals surface area contributed by atoms with Gasteiger partial charge in [0.1, 0.15) is 0 Å². The van der Waals surface area contributed by atoms with Crippen molar-refractivity contribution in [3.8, 4) is 0 Å². The van der Waals surface area contributed by atoms with Gasteiger partial charge in [-0.1, -0.05) is 0 Å². The Morgan fingerprint density at radius 3 is 2.50 bits per heavy atom. The molecule has 2 unspecified atom stereocenters. The average Bonchev–Trinajstić information content (AvgIpc) is 2.53. The lowest BCUT2D eigenvalue weighted by molar-refractivity contribution is -0.188. The van der Waals surface area contributed by atoms with E-state index in [0.717, 1.165) is 12.8 Å². The van der Waals surface area contributed by atoms with Gasteiger partial charge in [-0.3, -0.25) is 0 Å². The van der Waals surface area contributed by atoms with E-state index in [1.807, 2.05) is 6.92 Å². The Morgan fingerprint density at radius 1 is 1.25 bits per heavy atom. The summed E-state index contributed by atoms with van der Waals surface area (Å²) in [5, 5.41) is 2.78. The van der Waals surface area contributed by atoms with Gasteiger partial charge >= 0.3 is 12.2 Å². The van der Waals surface area contributed by atoms with Crippen molar-refractivity contribution in [1.82, 2.24) is 10.2 Å². The molecule has 2 amide bonds. The number of carbonyl (C=O) groups is 1. The van der Waals surface area contributed by atoms with Gasteiger partial charge in [0.05, 0.1) is 24.7 Å². The summed E-state index contributed by atoms with van der Waals surface area (Å²) in [6.45, 7) is 3.32. The molecule has 0 aromatic rings. The molecular weight excluding hydrogens is 323 g/mol. The second-order valence-electron chi connectivity index (χ2n) is 6.75. The molecule has 0 spiro atoms. The summed E-state index contributed by atoms with van der Waals surface area (Å²) >= 11 is 0. The number of piperidine rings is 1. The first-order valence-corrected chi connectivity index (χ1v) is 8.81. The van der Waals surface area contributed by atoms with E-state index in [4.69, 9.17) is 10.5 Å². The van der Waals surface area contributed by atoms with Crippen molar-refractivity contribution in [1.29, 1.82) is 0 Å². The summed E-state index contributed by atoms with van der Waals surface area (Å²) < 4.78 is 43.9. The molecule has 0 bridgehead atoms. The lowest BCUT2D eigenvalue weighted by Gasteiger charge is -2.40. The third-order valence-corrected chi connectivity index (χ3v) is 5.06. The van der Waals surface area contributed by atoms with Crippen molar-refractivity contribution in [2.45, 2.75) is 69.8 Å². The van der Waals surface area contributed by atoms with Crippen LogP contribution in [-0.2, 0) is 4.74 Å². The zero-order valence-electron chi connectivity index (χ0n) is 14.1. The predicted octanol–water partition coefficient (Wildman–Crippen LogP) is 2.65. The van der Waals surface area contributed by atoms with Crippen LogP contribution in [0.15, 0.2) is 0 Å². The fourth-order valence-corrected chi connectivity index (χ4v) is 3.60. The standard InChI is InChI=1S/C16H28F3N3O2/c1-2-21-15(23)22-9-3-4-13(20)14(22)10-24-12-7-5-11(6-8-12)16(17,18)19/h11-14H,2-10,20H2,1H3,(H,21,23). The minimum Gasteiger partial charge on any atom is -0.376 e. The van der Waals surface area contributed by atoms with Gasteiger partial charge in [-0.15, -0.1) is 0 Å². The van der Waals surface area contributed by atoms with Crippen molar-refractivity contribution in [2.24, 2.45) is 11.7 Å². The van der Waals surface area contributed by atoms with Crippen LogP contribution in [0.2, 0.25) is 0 Å². The smallest absolute Gasteiger partial charge is 0.376 e. The van der Waals surface area contributed by atoms with Gasteiger partial charge in [0.15, 0.2) is 0 Å². The highest BCUT2D eigenvalue weighted by Crippen LogP contribution is 2.38. The van der Waals surface area contributed by atoms with E-state index in [1.165, 1.54) is 0 Å². The number of nitrogens with two attached hydrogens (primary N) is 1. The van der Waals surface area contributed by atoms with Crippen LogP contribution in [0.5, 0.6) is 0 Å². The Balaban J connectivity index is 1.84. The van der Waals surface area contributed by atoms with Gasteiger partial charge < -0.3 is 20.7 Å². The van der Waals surface area contributed by atoms with Crippen molar-refractivity contribution < 1.29 is 22.7 Å². The molecule has 1 saturated heterocycles. The SMILES string of the molecule is CCNC(=O)N1CCCC(N)C1COC1CCC(C(F)(F)F)CC1. The van der Waals surface area contributed by atoms with E-state index < -0.39 is 12.1 Å². The van der Waals surface area contributed by atoms with E-state index in [9.17, 15) is 18.0 Å². The third-order valence-electron chi connectivity index (χ3n) is 5.06. The Bertz CT molecular complexity index is 412. The molecule has 2 atom stereocenters. The van der Waals surface area contributed by atoms with E-state index in [0.29, 0.717) is 32.5 Å². The highest BCUT2D eigenvalue weighted by atomic mass is 19.4. The van der Waals surface area contributed by atoms with Crippen LogP contribution in [0.25, 0.3) is 0 Å². The molecule has 140 valence electrons. The number of nitrogens with zero attached hydrogens (tertiary/aromatic N) is 1. The fraction of sp³-hybridized carbons (Fsp3) is 0.938. The number of likely N-dealkylation sites (tertiary alicyclic amines) is 1. The van der Waals surface area contributed by atoms with Gasteiger partial charge in [0.2, 0.25) is 0 Å². The number of hydrogen-bond acceptors (Lipinski definition) is 3. The molecule has 24 heavy (non-hydrogen) atoms. The Labute approximate surface area is 141 Å². The van der Waals surface area contributed by atoms with Crippen LogP contribution < -0.4 is 11.1 Å². The maximum atomic E-state index is 12.7. The van der Waals surface area contributed by atoms with E-state index in [-0.39, 0.29) is 37.1 Å². The maximum Gasteiger partial charge on any atom is 0.391 e. The predicted molar refractivity (Wildman–Crippen MR) is 84.5 cm³/mol. The molecule has 0 radical (unpaired) electrons. The minimum atomic E-state index is -4.11. The fourth-order valence-electron chi connectivity index (χ4n) is 3.60. The lowest BCUT2D eigenvalue weighted by atomic mass is 9.87. The number of ether oxygens (including phenoxy) is 1. The summed E-state index contributed by atoms with van der Waals surface area (Å²) in [5.74, 6) is -1.21. The largest absolute Gasteiger partial charge is 0.391 e. The summed E-state index contributed by atoms with van der Waals surface area (Å²) in [7, 11) is 0. The molecule has 0 aromatic carbocycles. The summed E-state index contributed by atoms with van der Waals surface area (Å²) in [6, 6.07) is -0.527. The average molecular weight is 351 g/mol. The molecule has 0 aromatic heterocycles. The Morgan fingerprint density at radius 2 is 1.92 bits per heavy atom. The van der Waals surface area contributed by atoms with Gasteiger partial charge in [-0.25, -0.2) is 4.79 Å². The second kappa shape index (κ2) is 8.38. The molecule has 3 N–H and O–H groups in total. The number of halogens is 3. The molecule has 5 nitrogen and oxygen atoms in total. The highest BCUT2D eigenvalue weighted by Gasteiger charge is 2.42. The van der Waals surface area contributed by atoms with Gasteiger partial charge in [0.25, 0.3) is 0 Å². The number of hydrogen-bond donors (Lipinski definition) is 2. The van der Waals surface area contributed by atoms with E-state index >= 15 is 0 Å². The molecule has 2 fully saturated rings. The second-order valence-corrected chi connectivity index (χ2v) is 6.75. The van der Waals surface area contributed by atoms with Gasteiger partial charge in [0, 0.05) is 19.1 Å². The number of urea groups is 1. The van der Waals surface area contributed by atoms with Crippen LogP contribution in [0.1, 0.15) is 45.4 Å². The van der Waals surface area contributed by atoms with Crippen molar-refractivity contribution in [3.05, 3.63) is 0 Å². The van der Waals surface area contributed by atoms with Crippen LogP contribution in [0, 0.1) is 5.92 Å². The third kappa shape index (κ3) is 4.99. The number of carbonyl (C=O) groups excluding carboxylic acids is 1. The first-order chi connectivity index (χ1) is 11.3. The first-order valence-electron chi connectivity index (χ1n) is 8.81. The zero-order chi connectivity index (χ0) is 17.7. The maximum absolute atomic E-state index is 12.7. The lowest BCUT2D eigenvalue weighted by Crippen LogP contribution is -2.59. The van der Waals surface area contributed by atoms with Crippen LogP contribution in [0.3, 0.4) is 0 Å². The summed E-state index contributed by atoms with van der Waals surface area (Å²) in [6.07, 6.45) is -1.55. The Hall–Kier alpha value is -1.02. The molecule has 8 heteroatoms. The van der Waals surface area contributed by atoms with E-state index in [2.05, 4.69) is 5.32 Å². The van der Waals surface area contributed by atoms with Gasteiger partial charge in [-0.05, 0) is 45.4 Å². The van der Waals surface area contributed by atoms with Crippen LogP contribution >= 0.6 is 0 Å². The quantitative estimate of drug-likeness (QED) is 0.818. The molecule has 1 aliphatic carbocycles. The number of nitrogens with one attached hydrogen (secondary N) is 1. The molecular formula is C16H28F3N3O2. The van der Waals surface area contributed by atoms with Gasteiger partial charge in [-0.2, -0.15) is 13.2 Å². The van der Waals surface area contributed by atoms with Crippen molar-refractivity contribution in [2.75, 3.05) is 19.7 Å². The normalized spacial score (nSPS) is 31.8. The van der Waals surface area contributed by atoms with Crippen LogP contribution in [-0.4, -0.2) is 55.0 Å². The topological polar surface area (TPSA) is 67.6 Å². The number of alkyl halides is 3. The highest BCUT2D eigenvalue weighted by molar-refractivity contribution is 5.74. The van der Waals surface area contributed by atoms with Crippen LogP contribution in [0.4, 0.5) is 18.0 Å². The first kappa shape index (κ1) is 19.3. The molecule has 1 heterocycles. The molecule has 2 rings (SSSR count). The van der Waals surface area contributed by atoms with E-state index in [1.54, 1.807) is 4.90 Å². The van der Waals surface area contributed by atoms with Crippen molar-refractivity contribution >= 4 is 6.03 Å². The number of rotatable bonds is 4. The molecule has 2 aliphatic rings. The number of amides is 2. The monoisotopic (exact) mass is 351 g/mol. The molecule has 1 aliphatic heterocycles. The zero-order valence-corrected chi connectivity index (χ0v) is 14.1. The summed E-state index contributed by atoms with van der Waals surface area (Å²) in [4.78, 5) is 13.8. The van der Waals surface area contributed by atoms with Crippen molar-refractivity contribution in [3.63, 3.8) is 0 Å². The minimum absolute atomic E-state index is 0.116. The summed E-state index contributed by atoms with van der Waals surface area (Å²) in [5.41, 5.74) is 6.15.